The first-order valence-electron chi connectivity index (χ1n) is 7.06. The third kappa shape index (κ3) is 2.86. The highest BCUT2D eigenvalue weighted by molar-refractivity contribution is 5.93. The number of nitrogens with zero attached hydrogens (tertiary/aromatic N) is 2. The normalized spacial score (nSPS) is 21.5. The first kappa shape index (κ1) is 15.3. The van der Waals surface area contributed by atoms with Gasteiger partial charge in [0.25, 0.3) is 5.56 Å². The van der Waals surface area contributed by atoms with Gasteiger partial charge in [-0.2, -0.15) is 4.98 Å². The topological polar surface area (TPSA) is 90.1 Å². The third-order valence-electron chi connectivity index (χ3n) is 3.86. The number of hydrogen-bond acceptors (Lipinski definition) is 5. The number of anilines is 3. The van der Waals surface area contributed by atoms with Gasteiger partial charge in [-0.05, 0) is 13.8 Å². The van der Waals surface area contributed by atoms with Crippen molar-refractivity contribution in [2.75, 3.05) is 22.6 Å². The van der Waals surface area contributed by atoms with Gasteiger partial charge in [-0.15, -0.1) is 0 Å². The van der Waals surface area contributed by atoms with Crippen LogP contribution >= 0.6 is 0 Å². The number of hydrogen-bond donors (Lipinski definition) is 3. The molecule has 1 aromatic heterocycles. The van der Waals surface area contributed by atoms with Crippen LogP contribution in [0.3, 0.4) is 0 Å². The molecular formula is C14H23N5O2. The van der Waals surface area contributed by atoms with Gasteiger partial charge < -0.3 is 10.2 Å². The van der Waals surface area contributed by atoms with Crippen molar-refractivity contribution >= 4 is 23.4 Å². The number of fused-ring (bicyclic) bond motifs is 1. The average molecular weight is 293 g/mol. The number of rotatable bonds is 1. The van der Waals surface area contributed by atoms with Crippen LogP contribution in [-0.2, 0) is 4.79 Å². The Morgan fingerprint density at radius 2 is 1.95 bits per heavy atom. The van der Waals surface area contributed by atoms with Crippen molar-refractivity contribution in [1.29, 1.82) is 0 Å². The summed E-state index contributed by atoms with van der Waals surface area (Å²) in [7, 11) is 1.87. The van der Waals surface area contributed by atoms with Crippen molar-refractivity contribution in [3.8, 4) is 0 Å². The summed E-state index contributed by atoms with van der Waals surface area (Å²) < 4.78 is 0. The van der Waals surface area contributed by atoms with E-state index in [9.17, 15) is 9.59 Å². The molecule has 2 heterocycles. The molecule has 1 aliphatic heterocycles. The van der Waals surface area contributed by atoms with E-state index >= 15 is 0 Å². The number of aromatic nitrogens is 2. The van der Waals surface area contributed by atoms with Gasteiger partial charge in [0.2, 0.25) is 11.9 Å². The highest BCUT2D eigenvalue weighted by atomic mass is 16.2. The number of amides is 1. The van der Waals surface area contributed by atoms with Gasteiger partial charge in [-0.3, -0.25) is 19.9 Å². The summed E-state index contributed by atoms with van der Waals surface area (Å²) >= 11 is 0. The second-order valence-corrected chi connectivity index (χ2v) is 6.60. The molecule has 0 saturated heterocycles. The molecule has 0 saturated carbocycles. The Balaban J connectivity index is 2.38. The van der Waals surface area contributed by atoms with Crippen LogP contribution in [0.2, 0.25) is 0 Å². The highest BCUT2D eigenvalue weighted by Gasteiger charge is 2.30. The fourth-order valence-corrected chi connectivity index (χ4v) is 2.12. The molecule has 0 fully saturated rings. The van der Waals surface area contributed by atoms with Crippen molar-refractivity contribution in [3.63, 3.8) is 0 Å². The lowest BCUT2D eigenvalue weighted by Crippen LogP contribution is -2.48. The number of likely N-dealkylation sites (N-methyl/N-ethyl adjacent to an activating group) is 1. The van der Waals surface area contributed by atoms with E-state index in [0.29, 0.717) is 11.5 Å². The lowest BCUT2D eigenvalue weighted by atomic mass is 9.96. The minimum Gasteiger partial charge on any atom is -0.364 e. The van der Waals surface area contributed by atoms with Crippen molar-refractivity contribution < 1.29 is 4.79 Å². The van der Waals surface area contributed by atoms with Gasteiger partial charge in [0, 0.05) is 24.5 Å². The summed E-state index contributed by atoms with van der Waals surface area (Å²) in [5.41, 5.74) is -0.326. The van der Waals surface area contributed by atoms with Crippen LogP contribution in [0.25, 0.3) is 0 Å². The van der Waals surface area contributed by atoms with E-state index in [0.717, 1.165) is 0 Å². The van der Waals surface area contributed by atoms with Gasteiger partial charge in [-0.25, -0.2) is 0 Å². The smallest absolute Gasteiger partial charge is 0.278 e. The SMILES string of the molecule is C[C@@H]1Nc2nc(NC(=O)C(C)(C)C)[nH]c(=O)c2N(C)[C@H]1C. The molecule has 0 aromatic carbocycles. The maximum absolute atomic E-state index is 12.2. The second kappa shape index (κ2) is 5.05. The Morgan fingerprint density at radius 1 is 1.33 bits per heavy atom. The summed E-state index contributed by atoms with van der Waals surface area (Å²) in [6.07, 6.45) is 0. The summed E-state index contributed by atoms with van der Waals surface area (Å²) in [4.78, 5) is 33.1. The summed E-state index contributed by atoms with van der Waals surface area (Å²) in [6.45, 7) is 9.47. The first-order chi connectivity index (χ1) is 9.61. The molecular weight excluding hydrogens is 270 g/mol. The van der Waals surface area contributed by atoms with Crippen LogP contribution in [0.5, 0.6) is 0 Å². The van der Waals surface area contributed by atoms with Crippen LogP contribution < -0.4 is 21.1 Å². The monoisotopic (exact) mass is 293 g/mol. The van der Waals surface area contributed by atoms with Gasteiger partial charge in [0.1, 0.15) is 5.69 Å². The molecule has 7 heteroatoms. The largest absolute Gasteiger partial charge is 0.364 e. The van der Waals surface area contributed by atoms with E-state index in [4.69, 9.17) is 0 Å². The minimum atomic E-state index is -0.555. The Kier molecular flexibility index (Phi) is 3.69. The fourth-order valence-electron chi connectivity index (χ4n) is 2.12. The Morgan fingerprint density at radius 3 is 2.52 bits per heavy atom. The van der Waals surface area contributed by atoms with Gasteiger partial charge in [-0.1, -0.05) is 20.8 Å². The van der Waals surface area contributed by atoms with E-state index in [2.05, 4.69) is 20.6 Å². The summed E-state index contributed by atoms with van der Waals surface area (Å²) in [5, 5.41) is 5.86. The van der Waals surface area contributed by atoms with E-state index in [1.54, 1.807) is 20.8 Å². The number of carbonyl (C=O) groups excluding carboxylic acids is 1. The molecule has 0 spiro atoms. The standard InChI is InChI=1S/C14H23N5O2/c1-7-8(2)19(6)9-10(15-7)16-13(17-11(9)20)18-12(21)14(3,4)5/h7-8H,1-6H3,(H3,15,16,17,18,20,21)/t7-,8-/m0/s1. The van der Waals surface area contributed by atoms with E-state index in [1.165, 1.54) is 0 Å². The molecule has 7 nitrogen and oxygen atoms in total. The molecule has 0 unspecified atom stereocenters. The predicted molar refractivity (Wildman–Crippen MR) is 83.9 cm³/mol. The van der Waals surface area contributed by atoms with Crippen molar-refractivity contribution in [1.82, 2.24) is 9.97 Å². The van der Waals surface area contributed by atoms with Crippen LogP contribution in [0, 0.1) is 5.41 Å². The van der Waals surface area contributed by atoms with E-state index in [1.807, 2.05) is 25.8 Å². The van der Waals surface area contributed by atoms with Crippen LogP contribution in [0.4, 0.5) is 17.5 Å². The average Bonchev–Trinajstić information content (AvgIpc) is 2.34. The quantitative estimate of drug-likeness (QED) is 0.728. The molecule has 2 rings (SSSR count). The molecule has 0 aliphatic carbocycles. The molecule has 0 bridgehead atoms. The van der Waals surface area contributed by atoms with E-state index < -0.39 is 5.41 Å². The molecule has 0 radical (unpaired) electrons. The lowest BCUT2D eigenvalue weighted by molar-refractivity contribution is -0.123. The Hall–Kier alpha value is -2.05. The van der Waals surface area contributed by atoms with Crippen molar-refractivity contribution in [2.45, 2.75) is 46.7 Å². The fraction of sp³-hybridized carbons (Fsp3) is 0.643. The summed E-state index contributed by atoms with van der Waals surface area (Å²) in [5.74, 6) is 0.466. The highest BCUT2D eigenvalue weighted by Crippen LogP contribution is 2.28. The van der Waals surface area contributed by atoms with Crippen LogP contribution in [0.15, 0.2) is 4.79 Å². The second-order valence-electron chi connectivity index (χ2n) is 6.60. The van der Waals surface area contributed by atoms with E-state index in [-0.39, 0.29) is 29.5 Å². The molecule has 1 amide bonds. The minimum absolute atomic E-state index is 0.156. The van der Waals surface area contributed by atoms with Gasteiger partial charge in [0.15, 0.2) is 5.82 Å². The molecule has 1 aromatic rings. The maximum Gasteiger partial charge on any atom is 0.278 e. The maximum atomic E-state index is 12.2. The van der Waals surface area contributed by atoms with Crippen LogP contribution in [-0.4, -0.2) is 35.0 Å². The number of H-pyrrole nitrogens is 1. The predicted octanol–water partition coefficient (Wildman–Crippen LogP) is 1.39. The molecule has 3 N–H and O–H groups in total. The first-order valence-corrected chi connectivity index (χ1v) is 7.06. The molecule has 2 atom stereocenters. The molecule has 21 heavy (non-hydrogen) atoms. The zero-order valence-electron chi connectivity index (χ0n) is 13.4. The zero-order chi connectivity index (χ0) is 15.9. The van der Waals surface area contributed by atoms with Crippen LogP contribution in [0.1, 0.15) is 34.6 Å². The lowest BCUT2D eigenvalue weighted by Gasteiger charge is -2.37. The summed E-state index contributed by atoms with van der Waals surface area (Å²) in [6, 6.07) is 0.332. The van der Waals surface area contributed by atoms with Gasteiger partial charge in [0.05, 0.1) is 0 Å². The third-order valence-corrected chi connectivity index (χ3v) is 3.86. The van der Waals surface area contributed by atoms with Gasteiger partial charge >= 0.3 is 0 Å². The number of carbonyl (C=O) groups is 1. The molecule has 1 aliphatic rings. The zero-order valence-corrected chi connectivity index (χ0v) is 13.4. The molecule has 116 valence electrons. The Labute approximate surface area is 124 Å². The Bertz CT molecular complexity index is 617. The number of nitrogens with one attached hydrogen (secondary N) is 3. The number of aromatic amines is 1. The van der Waals surface area contributed by atoms with Crippen molar-refractivity contribution in [3.05, 3.63) is 10.4 Å². The van der Waals surface area contributed by atoms with Crippen molar-refractivity contribution in [2.24, 2.45) is 5.41 Å².